The van der Waals surface area contributed by atoms with Gasteiger partial charge in [-0.05, 0) is 31.2 Å². The van der Waals surface area contributed by atoms with E-state index in [4.69, 9.17) is 18.9 Å². The molecular weight excluding hydrogens is 410 g/mol. The second-order valence-corrected chi connectivity index (χ2v) is 5.85. The molecule has 0 aromatic heterocycles. The van der Waals surface area contributed by atoms with Crippen LogP contribution in [0.5, 0.6) is 23.0 Å². The minimum Gasteiger partial charge on any atom is -0.490 e. The zero-order valence-corrected chi connectivity index (χ0v) is 17.1. The maximum Gasteiger partial charge on any atom is 0.323 e. The number of nitro benzene ring substituents is 1. The largest absolute Gasteiger partial charge is 0.490 e. The number of methoxy groups -OCH3 is 1. The summed E-state index contributed by atoms with van der Waals surface area (Å²) in [6, 6.07) is 9.51. The Bertz CT molecular complexity index is 990. The number of rotatable bonds is 10. The van der Waals surface area contributed by atoms with Gasteiger partial charge in [-0.25, -0.2) is 5.43 Å². The van der Waals surface area contributed by atoms with Crippen LogP contribution >= 0.6 is 0 Å². The molecule has 164 valence electrons. The maximum atomic E-state index is 12.0. The average molecular weight is 431 g/mol. The molecule has 0 unspecified atom stereocenters. The summed E-state index contributed by atoms with van der Waals surface area (Å²) >= 11 is 0. The molecule has 0 heterocycles. The van der Waals surface area contributed by atoms with E-state index in [1.165, 1.54) is 19.2 Å². The number of carbonyl (C=O) groups excluding carboxylic acids is 2. The van der Waals surface area contributed by atoms with Gasteiger partial charge in [-0.3, -0.25) is 19.7 Å². The number of hydrogen-bond acceptors (Lipinski definition) is 9. The van der Waals surface area contributed by atoms with Crippen LogP contribution in [0.15, 0.2) is 41.5 Å². The van der Waals surface area contributed by atoms with E-state index in [1.807, 2.05) is 6.92 Å². The first kappa shape index (κ1) is 23.1. The minimum atomic E-state index is -0.706. The van der Waals surface area contributed by atoms with Gasteiger partial charge in [-0.1, -0.05) is 12.1 Å². The first-order valence-corrected chi connectivity index (χ1v) is 9.07. The monoisotopic (exact) mass is 431 g/mol. The highest BCUT2D eigenvalue weighted by molar-refractivity contribution is 5.90. The van der Waals surface area contributed by atoms with Crippen LogP contribution in [-0.4, -0.2) is 43.3 Å². The lowest BCUT2D eigenvalue weighted by molar-refractivity contribution is -0.385. The number of amides is 1. The van der Waals surface area contributed by atoms with Gasteiger partial charge in [-0.2, -0.15) is 5.10 Å². The van der Waals surface area contributed by atoms with Gasteiger partial charge in [-0.15, -0.1) is 0 Å². The van der Waals surface area contributed by atoms with Crippen LogP contribution in [0.4, 0.5) is 5.69 Å². The summed E-state index contributed by atoms with van der Waals surface area (Å²) in [5, 5.41) is 15.2. The van der Waals surface area contributed by atoms with Crippen molar-refractivity contribution >= 4 is 23.8 Å². The van der Waals surface area contributed by atoms with Crippen LogP contribution in [0.1, 0.15) is 19.4 Å². The van der Waals surface area contributed by atoms with Crippen molar-refractivity contribution in [1.82, 2.24) is 5.43 Å². The van der Waals surface area contributed by atoms with E-state index in [-0.39, 0.29) is 23.7 Å². The number of hydrazone groups is 1. The molecule has 1 amide bonds. The van der Waals surface area contributed by atoms with E-state index in [0.717, 1.165) is 13.1 Å². The quantitative estimate of drug-likeness (QED) is 0.199. The highest BCUT2D eigenvalue weighted by Gasteiger charge is 2.25. The highest BCUT2D eigenvalue weighted by Crippen LogP contribution is 2.39. The van der Waals surface area contributed by atoms with Gasteiger partial charge in [0.1, 0.15) is 0 Å². The zero-order valence-electron chi connectivity index (χ0n) is 17.1. The summed E-state index contributed by atoms with van der Waals surface area (Å²) in [6.07, 6.45) is 1.07. The molecule has 0 aliphatic carbocycles. The SMILES string of the molecule is CCOc1ccccc1OCC(=O)N/N=C/c1ccc(OC(C)=O)c(OC)c1[N+](=O)[O-]. The van der Waals surface area contributed by atoms with Crippen molar-refractivity contribution in [2.24, 2.45) is 5.10 Å². The van der Waals surface area contributed by atoms with Crippen molar-refractivity contribution in [3.05, 3.63) is 52.1 Å². The Kier molecular flexibility index (Phi) is 8.31. The number of esters is 1. The van der Waals surface area contributed by atoms with E-state index in [0.29, 0.717) is 18.1 Å². The van der Waals surface area contributed by atoms with Crippen LogP contribution in [-0.2, 0) is 9.59 Å². The topological polar surface area (TPSA) is 139 Å². The van der Waals surface area contributed by atoms with Gasteiger partial charge in [0.2, 0.25) is 5.75 Å². The van der Waals surface area contributed by atoms with Crippen LogP contribution in [0.2, 0.25) is 0 Å². The average Bonchev–Trinajstić information content (AvgIpc) is 2.73. The second-order valence-electron chi connectivity index (χ2n) is 5.85. The summed E-state index contributed by atoms with van der Waals surface area (Å²) in [5.74, 6) is -0.710. The standard InChI is InChI=1S/C20H21N3O8/c1-4-29-15-7-5-6-8-16(15)30-12-18(25)22-21-11-14-9-10-17(31-13(2)24)20(28-3)19(14)23(26)27/h5-11H,4,12H2,1-3H3,(H,22,25)/b21-11+. The molecule has 0 saturated carbocycles. The summed E-state index contributed by atoms with van der Waals surface area (Å²) in [6.45, 7) is 3.07. The van der Waals surface area contributed by atoms with E-state index >= 15 is 0 Å². The molecule has 2 rings (SSSR count). The molecule has 11 heteroatoms. The number of ether oxygens (including phenoxy) is 4. The third-order valence-corrected chi connectivity index (χ3v) is 3.67. The third kappa shape index (κ3) is 6.42. The summed E-state index contributed by atoms with van der Waals surface area (Å²) in [5.41, 5.74) is 1.78. The molecule has 0 saturated heterocycles. The van der Waals surface area contributed by atoms with Crippen LogP contribution in [0, 0.1) is 10.1 Å². The predicted molar refractivity (Wildman–Crippen MR) is 110 cm³/mol. The molecule has 0 aliphatic rings. The molecule has 11 nitrogen and oxygen atoms in total. The molecule has 2 aromatic carbocycles. The molecule has 31 heavy (non-hydrogen) atoms. The number of nitrogens with zero attached hydrogens (tertiary/aromatic N) is 2. The molecule has 0 radical (unpaired) electrons. The number of nitro groups is 1. The van der Waals surface area contributed by atoms with Crippen molar-refractivity contribution in [3.8, 4) is 23.0 Å². The maximum absolute atomic E-state index is 12.0. The van der Waals surface area contributed by atoms with E-state index in [9.17, 15) is 19.7 Å². The molecule has 0 aliphatic heterocycles. The fourth-order valence-electron chi connectivity index (χ4n) is 2.49. The van der Waals surface area contributed by atoms with Gasteiger partial charge in [0, 0.05) is 6.92 Å². The number of carbonyl (C=O) groups is 2. The Balaban J connectivity index is 2.09. The van der Waals surface area contributed by atoms with E-state index < -0.39 is 22.5 Å². The van der Waals surface area contributed by atoms with Gasteiger partial charge >= 0.3 is 11.7 Å². The fourth-order valence-corrected chi connectivity index (χ4v) is 2.49. The Labute approximate surface area is 177 Å². The second kappa shape index (κ2) is 11.1. The molecule has 0 spiro atoms. The van der Waals surface area contributed by atoms with E-state index in [2.05, 4.69) is 10.5 Å². The molecule has 0 bridgehead atoms. The third-order valence-electron chi connectivity index (χ3n) is 3.67. The Morgan fingerprint density at radius 3 is 2.39 bits per heavy atom. The van der Waals surface area contributed by atoms with Crippen molar-refractivity contribution < 1.29 is 33.5 Å². The Morgan fingerprint density at radius 2 is 1.81 bits per heavy atom. The minimum absolute atomic E-state index is 0.0284. The number of nitrogens with one attached hydrogen (secondary N) is 1. The van der Waals surface area contributed by atoms with Crippen molar-refractivity contribution in [1.29, 1.82) is 0 Å². The molecule has 0 fully saturated rings. The molecule has 1 N–H and O–H groups in total. The first-order chi connectivity index (χ1) is 14.9. The lowest BCUT2D eigenvalue weighted by Gasteiger charge is -2.11. The van der Waals surface area contributed by atoms with Gasteiger partial charge in [0.25, 0.3) is 5.91 Å². The van der Waals surface area contributed by atoms with Gasteiger partial charge in [0.15, 0.2) is 23.9 Å². The highest BCUT2D eigenvalue weighted by atomic mass is 16.6. The molecule has 0 atom stereocenters. The van der Waals surface area contributed by atoms with Gasteiger partial charge in [0.05, 0.1) is 30.4 Å². The van der Waals surface area contributed by atoms with Crippen LogP contribution < -0.4 is 24.4 Å². The summed E-state index contributed by atoms with van der Waals surface area (Å²) in [4.78, 5) is 33.9. The smallest absolute Gasteiger partial charge is 0.323 e. The van der Waals surface area contributed by atoms with Gasteiger partial charge < -0.3 is 18.9 Å². The summed E-state index contributed by atoms with van der Waals surface area (Å²) < 4.78 is 20.8. The molecule has 2 aromatic rings. The Hall–Kier alpha value is -4.15. The number of hydrogen-bond donors (Lipinski definition) is 1. The number of benzene rings is 2. The van der Waals surface area contributed by atoms with Crippen molar-refractivity contribution in [2.45, 2.75) is 13.8 Å². The Morgan fingerprint density at radius 1 is 1.13 bits per heavy atom. The van der Waals surface area contributed by atoms with E-state index in [1.54, 1.807) is 24.3 Å². The zero-order chi connectivity index (χ0) is 22.8. The van der Waals surface area contributed by atoms with Crippen molar-refractivity contribution in [3.63, 3.8) is 0 Å². The molecular formula is C20H21N3O8. The fraction of sp³-hybridized carbons (Fsp3) is 0.250. The first-order valence-electron chi connectivity index (χ1n) is 9.07. The van der Waals surface area contributed by atoms with Crippen molar-refractivity contribution in [2.75, 3.05) is 20.3 Å². The normalized spacial score (nSPS) is 10.4. The predicted octanol–water partition coefficient (Wildman–Crippen LogP) is 2.46. The number of para-hydroxylation sites is 2. The van der Waals surface area contributed by atoms with Crippen LogP contribution in [0.3, 0.4) is 0 Å². The van der Waals surface area contributed by atoms with Crippen LogP contribution in [0.25, 0.3) is 0 Å². The lowest BCUT2D eigenvalue weighted by atomic mass is 10.1. The summed E-state index contributed by atoms with van der Waals surface area (Å²) in [7, 11) is 1.20. The lowest BCUT2D eigenvalue weighted by Crippen LogP contribution is -2.24.